The van der Waals surface area contributed by atoms with Gasteiger partial charge in [0.2, 0.25) is 0 Å². The average molecular weight is 234 g/mol. The number of hydrogen-bond donors (Lipinski definition) is 2. The SMILES string of the molecule is C=CC(CCCCCC(C)C)P(=O)(O)O. The minimum Gasteiger partial charge on any atom is -0.324 e. The molecule has 0 saturated carbocycles. The highest BCUT2D eigenvalue weighted by molar-refractivity contribution is 7.52. The van der Waals surface area contributed by atoms with Crippen LogP contribution >= 0.6 is 7.60 Å². The first-order valence-corrected chi connectivity index (χ1v) is 7.24. The average Bonchev–Trinajstić information content (AvgIpc) is 2.08. The maximum atomic E-state index is 11.0. The third-order valence-corrected chi connectivity index (χ3v) is 3.82. The third-order valence-electron chi connectivity index (χ3n) is 2.49. The van der Waals surface area contributed by atoms with Crippen molar-refractivity contribution in [2.45, 2.75) is 51.6 Å². The first-order chi connectivity index (χ1) is 6.88. The highest BCUT2D eigenvalue weighted by Gasteiger charge is 2.24. The van der Waals surface area contributed by atoms with Crippen LogP contribution in [0.2, 0.25) is 0 Å². The summed E-state index contributed by atoms with van der Waals surface area (Å²) in [6, 6.07) is 0. The first-order valence-electron chi connectivity index (χ1n) is 5.55. The number of unbranched alkanes of at least 4 members (excludes halogenated alkanes) is 2. The molecule has 0 radical (unpaired) electrons. The van der Waals surface area contributed by atoms with Crippen molar-refractivity contribution < 1.29 is 14.4 Å². The van der Waals surface area contributed by atoms with E-state index in [-0.39, 0.29) is 0 Å². The van der Waals surface area contributed by atoms with E-state index in [9.17, 15) is 4.57 Å². The molecule has 0 aliphatic carbocycles. The van der Waals surface area contributed by atoms with E-state index in [0.29, 0.717) is 12.3 Å². The summed E-state index contributed by atoms with van der Waals surface area (Å²) >= 11 is 0. The highest BCUT2D eigenvalue weighted by Crippen LogP contribution is 2.44. The zero-order chi connectivity index (χ0) is 11.9. The number of hydrogen-bond acceptors (Lipinski definition) is 1. The Hall–Kier alpha value is -0.110. The molecule has 2 N–H and O–H groups in total. The molecule has 0 spiro atoms. The van der Waals surface area contributed by atoms with Crippen molar-refractivity contribution in [3.63, 3.8) is 0 Å². The van der Waals surface area contributed by atoms with Crippen molar-refractivity contribution in [3.8, 4) is 0 Å². The van der Waals surface area contributed by atoms with Crippen LogP contribution in [0.5, 0.6) is 0 Å². The van der Waals surface area contributed by atoms with Gasteiger partial charge in [0, 0.05) is 0 Å². The summed E-state index contributed by atoms with van der Waals surface area (Å²) < 4.78 is 11.0. The summed E-state index contributed by atoms with van der Waals surface area (Å²) in [6.45, 7) is 7.83. The summed E-state index contributed by atoms with van der Waals surface area (Å²) in [5.74, 6) is 0.710. The van der Waals surface area contributed by atoms with Gasteiger partial charge in [-0.3, -0.25) is 4.57 Å². The lowest BCUT2D eigenvalue weighted by molar-refractivity contribution is 0.360. The molecule has 0 aromatic heterocycles. The summed E-state index contributed by atoms with van der Waals surface area (Å²) in [7, 11) is -3.96. The fourth-order valence-corrected chi connectivity index (χ4v) is 2.30. The Morgan fingerprint density at radius 2 is 1.73 bits per heavy atom. The fourth-order valence-electron chi connectivity index (χ4n) is 1.51. The van der Waals surface area contributed by atoms with Crippen LogP contribution in [0.3, 0.4) is 0 Å². The lowest BCUT2D eigenvalue weighted by Gasteiger charge is -2.13. The van der Waals surface area contributed by atoms with Crippen molar-refractivity contribution in [1.29, 1.82) is 0 Å². The van der Waals surface area contributed by atoms with Gasteiger partial charge in [0.25, 0.3) is 0 Å². The van der Waals surface area contributed by atoms with Crippen LogP contribution in [-0.2, 0) is 4.57 Å². The molecule has 0 saturated heterocycles. The molecule has 0 fully saturated rings. The van der Waals surface area contributed by atoms with Crippen molar-refractivity contribution in [3.05, 3.63) is 12.7 Å². The van der Waals surface area contributed by atoms with E-state index in [1.165, 1.54) is 12.5 Å². The minimum atomic E-state index is -3.96. The van der Waals surface area contributed by atoms with Gasteiger partial charge in [-0.1, -0.05) is 45.6 Å². The van der Waals surface area contributed by atoms with Crippen LogP contribution in [0.25, 0.3) is 0 Å². The lowest BCUT2D eigenvalue weighted by atomic mass is 10.0. The molecule has 0 bridgehead atoms. The quantitative estimate of drug-likeness (QED) is 0.385. The second-order valence-corrected chi connectivity index (χ2v) is 6.27. The smallest absolute Gasteiger partial charge is 0.324 e. The van der Waals surface area contributed by atoms with E-state index < -0.39 is 13.3 Å². The Labute approximate surface area is 92.8 Å². The molecule has 3 nitrogen and oxygen atoms in total. The van der Waals surface area contributed by atoms with Gasteiger partial charge in [0.15, 0.2) is 0 Å². The Balaban J connectivity index is 3.66. The maximum absolute atomic E-state index is 11.0. The van der Waals surface area contributed by atoms with Crippen molar-refractivity contribution in [2.75, 3.05) is 0 Å². The molecule has 0 aromatic carbocycles. The standard InChI is InChI=1S/C11H23O3P/c1-4-11(15(12,13)14)9-7-5-6-8-10(2)3/h4,10-11H,1,5-9H2,2-3H3,(H2,12,13,14). The predicted octanol–water partition coefficient (Wildman–Crippen LogP) is 3.33. The molecule has 0 aromatic rings. The normalized spacial score (nSPS) is 14.2. The Morgan fingerprint density at radius 1 is 1.20 bits per heavy atom. The topological polar surface area (TPSA) is 57.5 Å². The zero-order valence-corrected chi connectivity index (χ0v) is 10.6. The maximum Gasteiger partial charge on any atom is 0.332 e. The third kappa shape index (κ3) is 7.78. The second-order valence-electron chi connectivity index (χ2n) is 4.42. The van der Waals surface area contributed by atoms with Crippen LogP contribution in [0.4, 0.5) is 0 Å². The van der Waals surface area contributed by atoms with E-state index in [2.05, 4.69) is 20.4 Å². The van der Waals surface area contributed by atoms with E-state index in [1.807, 2.05) is 0 Å². The largest absolute Gasteiger partial charge is 0.332 e. The summed E-state index contributed by atoms with van der Waals surface area (Å²) in [5.41, 5.74) is -0.656. The van der Waals surface area contributed by atoms with Crippen LogP contribution in [0.1, 0.15) is 46.0 Å². The minimum absolute atomic E-state index is 0.547. The van der Waals surface area contributed by atoms with Gasteiger partial charge in [0.05, 0.1) is 5.66 Å². The summed E-state index contributed by atoms with van der Waals surface area (Å²) in [5, 5.41) is 0. The van der Waals surface area contributed by atoms with E-state index in [0.717, 1.165) is 19.3 Å². The Bertz CT molecular complexity index is 220. The molecule has 4 heteroatoms. The van der Waals surface area contributed by atoms with Crippen molar-refractivity contribution >= 4 is 7.60 Å². The van der Waals surface area contributed by atoms with Crippen LogP contribution in [0.15, 0.2) is 12.7 Å². The molecule has 15 heavy (non-hydrogen) atoms. The molecule has 0 aliphatic heterocycles. The molecule has 0 heterocycles. The Kier molecular flexibility index (Phi) is 7.16. The van der Waals surface area contributed by atoms with Crippen LogP contribution < -0.4 is 0 Å². The lowest BCUT2D eigenvalue weighted by Crippen LogP contribution is -2.04. The monoisotopic (exact) mass is 234 g/mol. The van der Waals surface area contributed by atoms with Gasteiger partial charge < -0.3 is 9.79 Å². The van der Waals surface area contributed by atoms with Gasteiger partial charge in [-0.15, -0.1) is 6.58 Å². The molecule has 0 amide bonds. The molecule has 90 valence electrons. The number of rotatable bonds is 8. The number of allylic oxidation sites excluding steroid dienone is 1. The van der Waals surface area contributed by atoms with Crippen molar-refractivity contribution in [2.24, 2.45) is 5.92 Å². The first kappa shape index (κ1) is 14.9. The van der Waals surface area contributed by atoms with Gasteiger partial charge in [-0.05, 0) is 12.3 Å². The fraction of sp³-hybridized carbons (Fsp3) is 0.818. The van der Waals surface area contributed by atoms with E-state index in [1.54, 1.807) is 0 Å². The van der Waals surface area contributed by atoms with Crippen LogP contribution in [-0.4, -0.2) is 15.4 Å². The molecular weight excluding hydrogens is 211 g/mol. The Morgan fingerprint density at radius 3 is 2.13 bits per heavy atom. The van der Waals surface area contributed by atoms with Gasteiger partial charge in [-0.2, -0.15) is 0 Å². The van der Waals surface area contributed by atoms with Gasteiger partial charge >= 0.3 is 7.60 Å². The van der Waals surface area contributed by atoms with E-state index in [4.69, 9.17) is 9.79 Å². The van der Waals surface area contributed by atoms with Crippen LogP contribution in [0, 0.1) is 5.92 Å². The highest BCUT2D eigenvalue weighted by atomic mass is 31.2. The van der Waals surface area contributed by atoms with Gasteiger partial charge in [-0.25, -0.2) is 0 Å². The second kappa shape index (κ2) is 7.21. The molecule has 0 rings (SSSR count). The molecule has 1 unspecified atom stereocenters. The molecule has 0 aliphatic rings. The molecule has 1 atom stereocenters. The van der Waals surface area contributed by atoms with Crippen molar-refractivity contribution in [1.82, 2.24) is 0 Å². The van der Waals surface area contributed by atoms with Gasteiger partial charge in [0.1, 0.15) is 0 Å². The summed E-state index contributed by atoms with van der Waals surface area (Å²) in [6.07, 6.45) is 6.17. The summed E-state index contributed by atoms with van der Waals surface area (Å²) in [4.78, 5) is 17.9. The zero-order valence-electron chi connectivity index (χ0n) is 9.72. The van der Waals surface area contributed by atoms with E-state index >= 15 is 0 Å². The predicted molar refractivity (Wildman–Crippen MR) is 64.0 cm³/mol. The molecular formula is C11H23O3P.